The molecular formula is C17H18F3NOS. The number of hydrogen-bond acceptors (Lipinski definition) is 3. The Morgan fingerprint density at radius 2 is 2.04 bits per heavy atom. The fourth-order valence-electron chi connectivity index (χ4n) is 2.88. The number of hydrogen-bond donors (Lipinski definition) is 1. The van der Waals surface area contributed by atoms with Crippen LogP contribution in [0.1, 0.15) is 31.2 Å². The van der Waals surface area contributed by atoms with Crippen LogP contribution in [-0.2, 0) is 6.18 Å². The van der Waals surface area contributed by atoms with E-state index in [9.17, 15) is 13.2 Å². The number of allylic oxidation sites excluding steroid dienone is 3. The normalized spacial score (nSPS) is 17.3. The first-order valence-electron chi connectivity index (χ1n) is 7.68. The summed E-state index contributed by atoms with van der Waals surface area (Å²) in [5, 5.41) is 8.98. The third kappa shape index (κ3) is 3.43. The van der Waals surface area contributed by atoms with Crippen LogP contribution in [0.4, 0.5) is 18.9 Å². The van der Waals surface area contributed by atoms with E-state index in [4.69, 9.17) is 5.11 Å². The van der Waals surface area contributed by atoms with Crippen LogP contribution in [-0.4, -0.2) is 18.3 Å². The van der Waals surface area contributed by atoms with Gasteiger partial charge >= 0.3 is 6.18 Å². The molecule has 3 rings (SSSR count). The van der Waals surface area contributed by atoms with E-state index < -0.39 is 11.7 Å². The SMILES string of the molecule is OCCCCN1C2=C(C=CCC2)Sc2ccc(C(F)(F)F)cc21. The summed E-state index contributed by atoms with van der Waals surface area (Å²) in [6, 6.07) is 3.97. The molecular weight excluding hydrogens is 323 g/mol. The summed E-state index contributed by atoms with van der Waals surface area (Å²) in [4.78, 5) is 3.98. The van der Waals surface area contributed by atoms with E-state index in [0.29, 0.717) is 18.7 Å². The maximum atomic E-state index is 13.0. The highest BCUT2D eigenvalue weighted by Gasteiger charge is 2.33. The summed E-state index contributed by atoms with van der Waals surface area (Å²) in [6.07, 6.45) is 2.97. The van der Waals surface area contributed by atoms with Crippen molar-refractivity contribution in [1.29, 1.82) is 0 Å². The molecule has 1 aliphatic heterocycles. The number of unbranched alkanes of at least 4 members (excludes halogenated alkanes) is 1. The zero-order chi connectivity index (χ0) is 16.4. The zero-order valence-electron chi connectivity index (χ0n) is 12.6. The molecule has 1 heterocycles. The van der Waals surface area contributed by atoms with Gasteiger partial charge in [-0.3, -0.25) is 0 Å². The molecule has 124 valence electrons. The lowest BCUT2D eigenvalue weighted by Crippen LogP contribution is -2.28. The van der Waals surface area contributed by atoms with Gasteiger partial charge in [0.2, 0.25) is 0 Å². The monoisotopic (exact) mass is 341 g/mol. The van der Waals surface area contributed by atoms with Crippen molar-refractivity contribution in [2.45, 2.75) is 36.8 Å². The van der Waals surface area contributed by atoms with Gasteiger partial charge in [-0.2, -0.15) is 13.2 Å². The lowest BCUT2D eigenvalue weighted by molar-refractivity contribution is -0.137. The Balaban J connectivity index is 1.99. The maximum absolute atomic E-state index is 13.0. The van der Waals surface area contributed by atoms with Crippen LogP contribution in [0.25, 0.3) is 0 Å². The van der Waals surface area contributed by atoms with E-state index in [-0.39, 0.29) is 6.61 Å². The van der Waals surface area contributed by atoms with Gasteiger partial charge in [-0.25, -0.2) is 0 Å². The van der Waals surface area contributed by atoms with Crippen molar-refractivity contribution in [3.8, 4) is 0 Å². The van der Waals surface area contributed by atoms with Gasteiger partial charge in [0.15, 0.2) is 0 Å². The lowest BCUT2D eigenvalue weighted by atomic mass is 10.1. The lowest BCUT2D eigenvalue weighted by Gasteiger charge is -2.36. The Kier molecular flexibility index (Phi) is 4.73. The van der Waals surface area contributed by atoms with Crippen LogP contribution < -0.4 is 4.90 Å². The van der Waals surface area contributed by atoms with Crippen LogP contribution in [0.2, 0.25) is 0 Å². The van der Waals surface area contributed by atoms with E-state index in [2.05, 4.69) is 12.2 Å². The molecule has 1 aromatic rings. The fourth-order valence-corrected chi connectivity index (χ4v) is 4.02. The van der Waals surface area contributed by atoms with E-state index in [1.165, 1.54) is 17.8 Å². The number of alkyl halides is 3. The molecule has 2 nitrogen and oxygen atoms in total. The van der Waals surface area contributed by atoms with Gasteiger partial charge in [0.1, 0.15) is 0 Å². The second kappa shape index (κ2) is 6.61. The third-order valence-corrected chi connectivity index (χ3v) is 5.17. The number of aliphatic hydroxyl groups is 1. The van der Waals surface area contributed by atoms with Crippen molar-refractivity contribution in [1.82, 2.24) is 0 Å². The van der Waals surface area contributed by atoms with Crippen LogP contribution in [0.15, 0.2) is 45.8 Å². The van der Waals surface area contributed by atoms with Crippen LogP contribution in [0.5, 0.6) is 0 Å². The Morgan fingerprint density at radius 3 is 2.78 bits per heavy atom. The van der Waals surface area contributed by atoms with Crippen molar-refractivity contribution in [3.05, 3.63) is 46.5 Å². The number of aliphatic hydroxyl groups excluding tert-OH is 1. The summed E-state index contributed by atoms with van der Waals surface area (Å²) in [7, 11) is 0. The summed E-state index contributed by atoms with van der Waals surface area (Å²) < 4.78 is 39.1. The highest BCUT2D eigenvalue weighted by molar-refractivity contribution is 8.03. The van der Waals surface area contributed by atoms with Crippen LogP contribution >= 0.6 is 11.8 Å². The fraction of sp³-hybridized carbons (Fsp3) is 0.412. The van der Waals surface area contributed by atoms with Gasteiger partial charge < -0.3 is 10.0 Å². The molecule has 0 unspecified atom stereocenters. The molecule has 1 aromatic carbocycles. The summed E-state index contributed by atoms with van der Waals surface area (Å²) in [5.74, 6) is 0. The largest absolute Gasteiger partial charge is 0.416 e. The minimum absolute atomic E-state index is 0.101. The average molecular weight is 341 g/mol. The quantitative estimate of drug-likeness (QED) is 0.784. The van der Waals surface area contributed by atoms with Crippen LogP contribution in [0.3, 0.4) is 0 Å². The second-order valence-electron chi connectivity index (χ2n) is 5.62. The Labute approximate surface area is 137 Å². The van der Waals surface area contributed by atoms with Crippen molar-refractivity contribution < 1.29 is 18.3 Å². The van der Waals surface area contributed by atoms with Gasteiger partial charge in [-0.1, -0.05) is 23.9 Å². The number of thioether (sulfide) groups is 1. The molecule has 23 heavy (non-hydrogen) atoms. The molecule has 6 heteroatoms. The predicted octanol–water partition coefficient (Wildman–Crippen LogP) is 4.95. The zero-order valence-corrected chi connectivity index (χ0v) is 13.4. The summed E-state index contributed by atoms with van der Waals surface area (Å²) in [6.45, 7) is 0.728. The number of nitrogens with zero attached hydrogens (tertiary/aromatic N) is 1. The van der Waals surface area contributed by atoms with Gasteiger partial charge in [-0.15, -0.1) is 0 Å². The standard InChI is InChI=1S/C17H18F3NOS/c18-17(19,20)12-7-8-16-14(11-12)21(9-3-4-10-22)13-5-1-2-6-15(13)23-16/h2,6-8,11,22H,1,3-5,9-10H2. The highest BCUT2D eigenvalue weighted by Crippen LogP contribution is 2.48. The molecule has 0 spiro atoms. The minimum atomic E-state index is -4.34. The number of rotatable bonds is 4. The van der Waals surface area contributed by atoms with Gasteiger partial charge in [0.05, 0.1) is 11.3 Å². The summed E-state index contributed by atoms with van der Waals surface area (Å²) >= 11 is 1.54. The Hall–Kier alpha value is -1.40. The maximum Gasteiger partial charge on any atom is 0.416 e. The topological polar surface area (TPSA) is 23.5 Å². The first-order valence-corrected chi connectivity index (χ1v) is 8.49. The molecule has 0 atom stereocenters. The van der Waals surface area contributed by atoms with E-state index in [1.807, 2.05) is 4.90 Å². The molecule has 1 aliphatic carbocycles. The Bertz CT molecular complexity index is 652. The van der Waals surface area contributed by atoms with Crippen molar-refractivity contribution in [2.24, 2.45) is 0 Å². The molecule has 0 radical (unpaired) electrons. The molecule has 0 amide bonds. The second-order valence-corrected chi connectivity index (χ2v) is 6.70. The van der Waals surface area contributed by atoms with Gasteiger partial charge in [0.25, 0.3) is 0 Å². The first-order chi connectivity index (χ1) is 11.0. The van der Waals surface area contributed by atoms with E-state index in [1.54, 1.807) is 6.07 Å². The number of benzene rings is 1. The minimum Gasteiger partial charge on any atom is -0.396 e. The third-order valence-electron chi connectivity index (χ3n) is 4.01. The molecule has 0 bridgehead atoms. The smallest absolute Gasteiger partial charge is 0.396 e. The number of fused-ring (bicyclic) bond motifs is 1. The van der Waals surface area contributed by atoms with Gasteiger partial charge in [-0.05, 0) is 43.9 Å². The molecule has 0 fully saturated rings. The predicted molar refractivity (Wildman–Crippen MR) is 86.4 cm³/mol. The average Bonchev–Trinajstić information content (AvgIpc) is 2.53. The van der Waals surface area contributed by atoms with Crippen molar-refractivity contribution >= 4 is 17.4 Å². The van der Waals surface area contributed by atoms with Gasteiger partial charge in [0, 0.05) is 28.6 Å². The number of anilines is 1. The summed E-state index contributed by atoms with van der Waals surface area (Å²) in [5.41, 5.74) is 1.12. The molecule has 2 aliphatic rings. The van der Waals surface area contributed by atoms with E-state index in [0.717, 1.165) is 40.8 Å². The highest BCUT2D eigenvalue weighted by atomic mass is 32.2. The first kappa shape index (κ1) is 16.5. The molecule has 0 saturated heterocycles. The Morgan fingerprint density at radius 1 is 1.22 bits per heavy atom. The number of halogens is 3. The van der Waals surface area contributed by atoms with Crippen molar-refractivity contribution in [2.75, 3.05) is 18.1 Å². The van der Waals surface area contributed by atoms with Crippen LogP contribution in [0, 0.1) is 0 Å². The molecule has 0 aromatic heterocycles. The molecule has 0 saturated carbocycles. The van der Waals surface area contributed by atoms with E-state index >= 15 is 0 Å². The molecule has 1 N–H and O–H groups in total. The van der Waals surface area contributed by atoms with Crippen molar-refractivity contribution in [3.63, 3.8) is 0 Å².